The van der Waals surface area contributed by atoms with Gasteiger partial charge in [0.05, 0.1) is 10.7 Å². The SMILES string of the molecule is Cc1nc(CCNCC2(CO)CCCCC2)cs1. The third-order valence-corrected chi connectivity index (χ3v) is 4.80. The lowest BCUT2D eigenvalue weighted by atomic mass is 9.74. The van der Waals surface area contributed by atoms with E-state index in [4.69, 9.17) is 0 Å². The van der Waals surface area contributed by atoms with Gasteiger partial charge in [-0.3, -0.25) is 0 Å². The largest absolute Gasteiger partial charge is 0.396 e. The number of nitrogens with zero attached hydrogens (tertiary/aromatic N) is 1. The second-order valence-electron chi connectivity index (χ2n) is 5.50. The monoisotopic (exact) mass is 268 g/mol. The van der Waals surface area contributed by atoms with E-state index in [1.165, 1.54) is 37.8 Å². The molecule has 1 heterocycles. The molecule has 102 valence electrons. The lowest BCUT2D eigenvalue weighted by Gasteiger charge is -2.35. The van der Waals surface area contributed by atoms with Crippen molar-refractivity contribution in [3.05, 3.63) is 16.1 Å². The van der Waals surface area contributed by atoms with Gasteiger partial charge in [0, 0.05) is 36.9 Å². The lowest BCUT2D eigenvalue weighted by molar-refractivity contribution is 0.0816. The molecule has 0 aliphatic heterocycles. The average Bonchev–Trinajstić information content (AvgIpc) is 2.82. The number of aromatic nitrogens is 1. The molecule has 0 bridgehead atoms. The Balaban J connectivity index is 1.70. The molecule has 2 N–H and O–H groups in total. The summed E-state index contributed by atoms with van der Waals surface area (Å²) in [7, 11) is 0. The van der Waals surface area contributed by atoms with Gasteiger partial charge in [0.2, 0.25) is 0 Å². The summed E-state index contributed by atoms with van der Waals surface area (Å²) in [5.74, 6) is 0. The molecular weight excluding hydrogens is 244 g/mol. The Morgan fingerprint density at radius 2 is 2.17 bits per heavy atom. The van der Waals surface area contributed by atoms with Gasteiger partial charge in [0.25, 0.3) is 0 Å². The van der Waals surface area contributed by atoms with Crippen LogP contribution in [0.3, 0.4) is 0 Å². The molecule has 1 aliphatic rings. The summed E-state index contributed by atoms with van der Waals surface area (Å²) in [4.78, 5) is 4.46. The smallest absolute Gasteiger partial charge is 0.0897 e. The van der Waals surface area contributed by atoms with Crippen molar-refractivity contribution < 1.29 is 5.11 Å². The fourth-order valence-electron chi connectivity index (χ4n) is 2.79. The number of hydrogen-bond acceptors (Lipinski definition) is 4. The second-order valence-corrected chi connectivity index (χ2v) is 6.57. The number of aryl methyl sites for hydroxylation is 1. The van der Waals surface area contributed by atoms with Crippen molar-refractivity contribution in [2.75, 3.05) is 19.7 Å². The van der Waals surface area contributed by atoms with Crippen LogP contribution in [-0.2, 0) is 6.42 Å². The zero-order chi connectivity index (χ0) is 12.8. The van der Waals surface area contributed by atoms with E-state index in [9.17, 15) is 5.11 Å². The number of hydrogen-bond donors (Lipinski definition) is 2. The minimum atomic E-state index is 0.149. The molecule has 2 rings (SSSR count). The van der Waals surface area contributed by atoms with Crippen molar-refractivity contribution in [3.8, 4) is 0 Å². The van der Waals surface area contributed by atoms with Crippen molar-refractivity contribution in [2.24, 2.45) is 5.41 Å². The summed E-state index contributed by atoms with van der Waals surface area (Å²) in [6.45, 7) is 4.29. The van der Waals surface area contributed by atoms with Gasteiger partial charge in [-0.1, -0.05) is 19.3 Å². The van der Waals surface area contributed by atoms with Gasteiger partial charge >= 0.3 is 0 Å². The van der Waals surface area contributed by atoms with E-state index in [2.05, 4.69) is 15.7 Å². The molecule has 4 heteroatoms. The summed E-state index contributed by atoms with van der Waals surface area (Å²) < 4.78 is 0. The van der Waals surface area contributed by atoms with Crippen LogP contribution < -0.4 is 5.32 Å². The Labute approximate surface area is 114 Å². The molecule has 0 amide bonds. The third kappa shape index (κ3) is 3.77. The van der Waals surface area contributed by atoms with Gasteiger partial charge < -0.3 is 10.4 Å². The second kappa shape index (κ2) is 6.64. The molecule has 0 saturated heterocycles. The predicted molar refractivity (Wildman–Crippen MR) is 76.0 cm³/mol. The van der Waals surface area contributed by atoms with E-state index in [1.54, 1.807) is 11.3 Å². The zero-order valence-electron chi connectivity index (χ0n) is 11.2. The fraction of sp³-hybridized carbons (Fsp3) is 0.786. The van der Waals surface area contributed by atoms with Gasteiger partial charge in [-0.2, -0.15) is 0 Å². The Morgan fingerprint density at radius 3 is 2.78 bits per heavy atom. The van der Waals surface area contributed by atoms with E-state index in [0.717, 1.165) is 24.5 Å². The van der Waals surface area contributed by atoms with Crippen LogP contribution in [0.4, 0.5) is 0 Å². The number of aliphatic hydroxyl groups is 1. The van der Waals surface area contributed by atoms with Crippen LogP contribution in [0.5, 0.6) is 0 Å². The standard InChI is InChI=1S/C14H24N2OS/c1-12-16-13(9-18-12)5-8-15-10-14(11-17)6-3-2-4-7-14/h9,15,17H,2-8,10-11H2,1H3. The summed E-state index contributed by atoms with van der Waals surface area (Å²) >= 11 is 1.72. The first-order valence-corrected chi connectivity index (χ1v) is 7.85. The fourth-order valence-corrected chi connectivity index (χ4v) is 3.43. The van der Waals surface area contributed by atoms with Crippen molar-refractivity contribution in [3.63, 3.8) is 0 Å². The van der Waals surface area contributed by atoms with Gasteiger partial charge in [-0.05, 0) is 19.8 Å². The Hall–Kier alpha value is -0.450. The van der Waals surface area contributed by atoms with Gasteiger partial charge in [-0.25, -0.2) is 4.98 Å². The van der Waals surface area contributed by atoms with Gasteiger partial charge in [-0.15, -0.1) is 11.3 Å². The topological polar surface area (TPSA) is 45.2 Å². The minimum absolute atomic E-state index is 0.149. The highest BCUT2D eigenvalue weighted by Gasteiger charge is 2.30. The summed E-state index contributed by atoms with van der Waals surface area (Å²) in [5.41, 5.74) is 1.34. The van der Waals surface area contributed by atoms with Gasteiger partial charge in [0.15, 0.2) is 0 Å². The minimum Gasteiger partial charge on any atom is -0.396 e. The first-order valence-electron chi connectivity index (χ1n) is 6.97. The molecule has 0 radical (unpaired) electrons. The van der Waals surface area contributed by atoms with Crippen molar-refractivity contribution in [1.82, 2.24) is 10.3 Å². The summed E-state index contributed by atoms with van der Waals surface area (Å²) in [5, 5.41) is 16.4. The quantitative estimate of drug-likeness (QED) is 0.779. The Morgan fingerprint density at radius 1 is 1.39 bits per heavy atom. The number of thiazole rings is 1. The third-order valence-electron chi connectivity index (χ3n) is 3.97. The highest BCUT2D eigenvalue weighted by Crippen LogP contribution is 2.35. The van der Waals surface area contributed by atoms with Crippen LogP contribution in [0.15, 0.2) is 5.38 Å². The number of nitrogens with one attached hydrogen (secondary N) is 1. The van der Waals surface area contributed by atoms with Crippen LogP contribution in [0.2, 0.25) is 0 Å². The highest BCUT2D eigenvalue weighted by molar-refractivity contribution is 7.09. The van der Waals surface area contributed by atoms with Gasteiger partial charge in [0.1, 0.15) is 0 Å². The van der Waals surface area contributed by atoms with Crippen LogP contribution >= 0.6 is 11.3 Å². The molecule has 0 atom stereocenters. The van der Waals surface area contributed by atoms with E-state index in [1.807, 2.05) is 6.92 Å². The van der Waals surface area contributed by atoms with Crippen LogP contribution in [0, 0.1) is 12.3 Å². The first-order chi connectivity index (χ1) is 8.74. The van der Waals surface area contributed by atoms with Crippen molar-refractivity contribution in [1.29, 1.82) is 0 Å². The first kappa shape index (κ1) is 14.0. The molecule has 1 aromatic rings. The van der Waals surface area contributed by atoms with E-state index >= 15 is 0 Å². The van der Waals surface area contributed by atoms with Crippen LogP contribution in [0.1, 0.15) is 42.8 Å². The maximum absolute atomic E-state index is 9.61. The zero-order valence-corrected chi connectivity index (χ0v) is 12.1. The highest BCUT2D eigenvalue weighted by atomic mass is 32.1. The molecule has 1 saturated carbocycles. The molecule has 3 nitrogen and oxygen atoms in total. The molecule has 1 fully saturated rings. The molecule has 1 aromatic heterocycles. The van der Waals surface area contributed by atoms with Crippen molar-refractivity contribution >= 4 is 11.3 Å². The number of rotatable bonds is 6. The van der Waals surface area contributed by atoms with Crippen LogP contribution in [0.25, 0.3) is 0 Å². The molecule has 0 spiro atoms. The van der Waals surface area contributed by atoms with E-state index in [0.29, 0.717) is 6.61 Å². The maximum Gasteiger partial charge on any atom is 0.0897 e. The lowest BCUT2D eigenvalue weighted by Crippen LogP contribution is -2.39. The molecule has 0 aromatic carbocycles. The Bertz CT molecular complexity index is 358. The normalized spacial score (nSPS) is 19.0. The summed E-state index contributed by atoms with van der Waals surface area (Å²) in [6.07, 6.45) is 7.21. The Kier molecular flexibility index (Phi) is 5.15. The molecule has 1 aliphatic carbocycles. The van der Waals surface area contributed by atoms with Crippen LogP contribution in [-0.4, -0.2) is 29.8 Å². The maximum atomic E-state index is 9.61. The van der Waals surface area contributed by atoms with E-state index in [-0.39, 0.29) is 5.41 Å². The molecule has 18 heavy (non-hydrogen) atoms. The molecule has 0 unspecified atom stereocenters. The predicted octanol–water partition coefficient (Wildman–Crippen LogP) is 2.53. The number of aliphatic hydroxyl groups excluding tert-OH is 1. The molecular formula is C14H24N2OS. The van der Waals surface area contributed by atoms with Crippen molar-refractivity contribution in [2.45, 2.75) is 45.4 Å². The summed E-state index contributed by atoms with van der Waals surface area (Å²) in [6, 6.07) is 0. The average molecular weight is 268 g/mol. The van der Waals surface area contributed by atoms with E-state index < -0.39 is 0 Å².